The van der Waals surface area contributed by atoms with Crippen LogP contribution in [0.1, 0.15) is 38.5 Å². The Hall–Kier alpha value is -0.700. The molecule has 2 atom stereocenters. The van der Waals surface area contributed by atoms with Crippen LogP contribution in [0.5, 0.6) is 0 Å². The van der Waals surface area contributed by atoms with Gasteiger partial charge in [0, 0.05) is 25.2 Å². The number of aliphatic carboxylic acids is 1. The third kappa shape index (κ3) is 2.69. The summed E-state index contributed by atoms with van der Waals surface area (Å²) < 4.78 is 28.6. The third-order valence-corrected chi connectivity index (χ3v) is 7.18. The molecule has 2 N–H and O–H groups in total. The first-order chi connectivity index (χ1) is 9.89. The first-order valence-electron chi connectivity index (χ1n) is 7.59. The molecule has 0 amide bonds. The molecule has 0 saturated carbocycles. The molecule has 21 heavy (non-hydrogen) atoms. The van der Waals surface area contributed by atoms with E-state index in [2.05, 4.69) is 0 Å². The lowest BCUT2D eigenvalue weighted by atomic mass is 9.99. The van der Waals surface area contributed by atoms with Gasteiger partial charge in [0.2, 0.25) is 0 Å². The van der Waals surface area contributed by atoms with Crippen molar-refractivity contribution in [1.29, 1.82) is 0 Å². The fraction of sp³-hybridized carbons (Fsp3) is 0.923. The summed E-state index contributed by atoms with van der Waals surface area (Å²) in [6.07, 6.45) is 3.01. The first kappa shape index (κ1) is 15.2. The molecule has 8 heteroatoms. The smallest absolute Gasteiger partial charge is 0.306 e. The molecule has 2 bridgehead atoms. The summed E-state index contributed by atoms with van der Waals surface area (Å²) in [5, 5.41) is 18.8. The van der Waals surface area contributed by atoms with Crippen molar-refractivity contribution < 1.29 is 23.4 Å². The fourth-order valence-electron chi connectivity index (χ4n) is 3.95. The fourth-order valence-corrected chi connectivity index (χ4v) is 6.02. The van der Waals surface area contributed by atoms with Crippen molar-refractivity contribution in [1.82, 2.24) is 8.61 Å². The van der Waals surface area contributed by atoms with Crippen molar-refractivity contribution in [2.75, 3.05) is 13.1 Å². The van der Waals surface area contributed by atoms with E-state index >= 15 is 0 Å². The van der Waals surface area contributed by atoms with Crippen molar-refractivity contribution in [3.63, 3.8) is 0 Å². The molecule has 0 spiro atoms. The Labute approximate surface area is 124 Å². The number of hydrogen-bond acceptors (Lipinski definition) is 4. The highest BCUT2D eigenvalue weighted by Crippen LogP contribution is 2.39. The van der Waals surface area contributed by atoms with E-state index in [1.165, 1.54) is 4.31 Å². The van der Waals surface area contributed by atoms with Gasteiger partial charge in [0.25, 0.3) is 10.2 Å². The van der Waals surface area contributed by atoms with Crippen LogP contribution in [-0.2, 0) is 15.0 Å². The second kappa shape index (κ2) is 5.49. The van der Waals surface area contributed by atoms with Gasteiger partial charge >= 0.3 is 5.97 Å². The number of rotatable bonds is 3. The molecule has 3 fully saturated rings. The monoisotopic (exact) mass is 318 g/mol. The van der Waals surface area contributed by atoms with Crippen LogP contribution in [0, 0.1) is 5.92 Å². The predicted molar refractivity (Wildman–Crippen MR) is 74.7 cm³/mol. The van der Waals surface area contributed by atoms with Gasteiger partial charge in [0.05, 0.1) is 12.0 Å². The lowest BCUT2D eigenvalue weighted by Gasteiger charge is -2.40. The molecule has 3 aliphatic rings. The molecule has 3 aliphatic heterocycles. The van der Waals surface area contributed by atoms with Crippen LogP contribution in [0.3, 0.4) is 0 Å². The highest BCUT2D eigenvalue weighted by Gasteiger charge is 2.48. The summed E-state index contributed by atoms with van der Waals surface area (Å²) in [6, 6.07) is -0.193. The molecule has 0 aromatic heterocycles. The summed E-state index contributed by atoms with van der Waals surface area (Å²) in [5.41, 5.74) is 0. The highest BCUT2D eigenvalue weighted by atomic mass is 32.2. The van der Waals surface area contributed by atoms with Crippen LogP contribution >= 0.6 is 0 Å². The lowest BCUT2D eigenvalue weighted by Crippen LogP contribution is -2.55. The molecular formula is C13H22N2O5S. The summed E-state index contributed by atoms with van der Waals surface area (Å²) in [6.45, 7) is 0.551. The van der Waals surface area contributed by atoms with Gasteiger partial charge in [-0.25, -0.2) is 0 Å². The summed E-state index contributed by atoms with van der Waals surface area (Å²) in [4.78, 5) is 11.0. The predicted octanol–water partition coefficient (Wildman–Crippen LogP) is 0.0155. The van der Waals surface area contributed by atoms with Gasteiger partial charge in [0.15, 0.2) is 0 Å². The number of carboxylic acid groups (broad SMARTS) is 1. The van der Waals surface area contributed by atoms with Gasteiger partial charge in [-0.05, 0) is 38.5 Å². The molecule has 7 nitrogen and oxygen atoms in total. The van der Waals surface area contributed by atoms with E-state index in [4.69, 9.17) is 5.11 Å². The molecule has 0 radical (unpaired) electrons. The van der Waals surface area contributed by atoms with Crippen molar-refractivity contribution in [3.8, 4) is 0 Å². The van der Waals surface area contributed by atoms with Gasteiger partial charge in [0.1, 0.15) is 0 Å². The Morgan fingerprint density at radius 3 is 2.00 bits per heavy atom. The lowest BCUT2D eigenvalue weighted by molar-refractivity contribution is -0.143. The van der Waals surface area contributed by atoms with E-state index in [0.717, 1.165) is 12.8 Å². The van der Waals surface area contributed by atoms with Crippen molar-refractivity contribution in [2.24, 2.45) is 5.92 Å². The molecule has 0 aromatic carbocycles. The van der Waals surface area contributed by atoms with Gasteiger partial charge < -0.3 is 10.2 Å². The molecule has 0 aromatic rings. The molecule has 3 saturated heterocycles. The average Bonchev–Trinajstić information content (AvgIpc) is 2.72. The molecular weight excluding hydrogens is 296 g/mol. The zero-order valence-corrected chi connectivity index (χ0v) is 12.7. The maximum atomic E-state index is 12.8. The number of fused-ring (bicyclic) bond motifs is 2. The SMILES string of the molecule is O=C(O)C1CCN(S(=O)(=O)N2C3CCC2CC(O)C3)CC1. The first-order valence-corrected chi connectivity index (χ1v) is 8.98. The van der Waals surface area contributed by atoms with Crippen LogP contribution in [-0.4, -0.2) is 64.5 Å². The van der Waals surface area contributed by atoms with E-state index in [0.29, 0.717) is 25.7 Å². The molecule has 2 unspecified atom stereocenters. The van der Waals surface area contributed by atoms with Crippen LogP contribution in [0.15, 0.2) is 0 Å². The number of hydrogen-bond donors (Lipinski definition) is 2. The Morgan fingerprint density at radius 1 is 1.00 bits per heavy atom. The van der Waals surface area contributed by atoms with Gasteiger partial charge in [-0.3, -0.25) is 4.79 Å². The molecule has 3 heterocycles. The van der Waals surface area contributed by atoms with Crippen molar-refractivity contribution in [3.05, 3.63) is 0 Å². The number of carboxylic acids is 1. The number of carbonyl (C=O) groups is 1. The van der Waals surface area contributed by atoms with E-state index < -0.39 is 28.2 Å². The minimum absolute atomic E-state index is 0.0963. The van der Waals surface area contributed by atoms with Gasteiger partial charge in [-0.15, -0.1) is 0 Å². The zero-order chi connectivity index (χ0) is 15.2. The summed E-state index contributed by atoms with van der Waals surface area (Å²) in [7, 11) is -3.53. The maximum absolute atomic E-state index is 12.8. The largest absolute Gasteiger partial charge is 0.481 e. The van der Waals surface area contributed by atoms with E-state index in [1.54, 1.807) is 4.31 Å². The Morgan fingerprint density at radius 2 is 1.52 bits per heavy atom. The second-order valence-corrected chi connectivity index (χ2v) is 8.19. The van der Waals surface area contributed by atoms with Gasteiger partial charge in [-0.1, -0.05) is 0 Å². The minimum atomic E-state index is -3.53. The van der Waals surface area contributed by atoms with Crippen LogP contribution in [0.4, 0.5) is 0 Å². The summed E-state index contributed by atoms with van der Waals surface area (Å²) in [5.74, 6) is -1.27. The topological polar surface area (TPSA) is 98.2 Å². The molecule has 0 aliphatic carbocycles. The zero-order valence-electron chi connectivity index (χ0n) is 11.9. The van der Waals surface area contributed by atoms with Gasteiger partial charge in [-0.2, -0.15) is 17.0 Å². The Balaban J connectivity index is 1.72. The number of aliphatic hydroxyl groups is 1. The number of aliphatic hydroxyl groups excluding tert-OH is 1. The summed E-state index contributed by atoms with van der Waals surface area (Å²) >= 11 is 0. The number of nitrogens with zero attached hydrogens (tertiary/aromatic N) is 2. The van der Waals surface area contributed by atoms with E-state index in [9.17, 15) is 18.3 Å². The Bertz CT molecular complexity index is 501. The quantitative estimate of drug-likeness (QED) is 0.764. The van der Waals surface area contributed by atoms with Crippen LogP contribution < -0.4 is 0 Å². The highest BCUT2D eigenvalue weighted by molar-refractivity contribution is 7.86. The van der Waals surface area contributed by atoms with Crippen molar-refractivity contribution in [2.45, 2.75) is 56.7 Å². The van der Waals surface area contributed by atoms with E-state index in [-0.39, 0.29) is 25.2 Å². The normalized spacial score (nSPS) is 36.0. The van der Waals surface area contributed by atoms with Crippen LogP contribution in [0.25, 0.3) is 0 Å². The Kier molecular flexibility index (Phi) is 3.98. The molecule has 120 valence electrons. The number of piperidine rings is 2. The van der Waals surface area contributed by atoms with Crippen molar-refractivity contribution >= 4 is 16.2 Å². The maximum Gasteiger partial charge on any atom is 0.306 e. The standard InChI is InChI=1S/C13H22N2O5S/c16-12-7-10-1-2-11(8-12)15(10)21(19,20)14-5-3-9(4-6-14)13(17)18/h9-12,16H,1-8H2,(H,17,18). The average molecular weight is 318 g/mol. The molecule has 3 rings (SSSR count). The minimum Gasteiger partial charge on any atom is -0.481 e. The van der Waals surface area contributed by atoms with E-state index in [1.807, 2.05) is 0 Å². The van der Waals surface area contributed by atoms with Crippen LogP contribution in [0.2, 0.25) is 0 Å². The second-order valence-electron chi connectivity index (χ2n) is 6.36. The third-order valence-electron chi connectivity index (χ3n) is 5.04.